The summed E-state index contributed by atoms with van der Waals surface area (Å²) >= 11 is 0. The normalized spacial score (nSPS) is 13.2. The van der Waals surface area contributed by atoms with Crippen molar-refractivity contribution in [2.75, 3.05) is 0 Å². The van der Waals surface area contributed by atoms with Gasteiger partial charge in [-0.05, 0) is 82.1 Å². The van der Waals surface area contributed by atoms with Crippen LogP contribution in [0.5, 0.6) is 0 Å². The molecular weight excluding hydrogens is 693 g/mol. The van der Waals surface area contributed by atoms with E-state index in [1.807, 2.05) is 0 Å². The number of hydrogen-bond acceptors (Lipinski definition) is 2. The van der Waals surface area contributed by atoms with Crippen LogP contribution >= 0.6 is 0 Å². The molecule has 0 atom stereocenters. The van der Waals surface area contributed by atoms with E-state index in [0.29, 0.717) is 5.95 Å². The van der Waals surface area contributed by atoms with Gasteiger partial charge in [0.25, 0.3) is 0 Å². The molecule has 268 valence electrons. The van der Waals surface area contributed by atoms with Crippen molar-refractivity contribution in [2.45, 2.75) is 19.3 Å². The van der Waals surface area contributed by atoms with Gasteiger partial charge in [-0.15, -0.1) is 0 Å². The van der Waals surface area contributed by atoms with E-state index in [1.54, 1.807) is 0 Å². The third-order valence-corrected chi connectivity index (χ3v) is 12.3. The number of rotatable bonds is 4. The number of para-hydroxylation sites is 3. The van der Waals surface area contributed by atoms with Gasteiger partial charge in [-0.25, -0.2) is 9.97 Å². The molecule has 0 saturated heterocycles. The first-order valence-corrected chi connectivity index (χ1v) is 19.7. The molecule has 0 fully saturated rings. The molecule has 3 aromatic heterocycles. The summed E-state index contributed by atoms with van der Waals surface area (Å²) in [6.07, 6.45) is 0. The Bertz CT molecular complexity index is 3420. The Kier molecular flexibility index (Phi) is 6.65. The minimum absolute atomic E-state index is 0.368. The predicted octanol–water partition coefficient (Wildman–Crippen LogP) is 13.5. The average molecular weight is 729 g/mol. The first kappa shape index (κ1) is 32.0. The topological polar surface area (TPSA) is 35.6 Å². The highest BCUT2D eigenvalue weighted by molar-refractivity contribution is 6.14. The summed E-state index contributed by atoms with van der Waals surface area (Å²) in [5, 5.41) is 7.20. The maximum absolute atomic E-state index is 5.69. The molecule has 4 nitrogen and oxygen atoms in total. The fraction of sp³-hybridized carbons (Fsp3) is 0.0566. The first-order chi connectivity index (χ1) is 28.0. The van der Waals surface area contributed by atoms with E-state index in [4.69, 9.17) is 9.97 Å². The van der Waals surface area contributed by atoms with Crippen LogP contribution in [0.15, 0.2) is 182 Å². The Morgan fingerprint density at radius 1 is 0.404 bits per heavy atom. The van der Waals surface area contributed by atoms with Crippen molar-refractivity contribution in [1.82, 2.24) is 19.1 Å². The summed E-state index contributed by atoms with van der Waals surface area (Å²) in [6, 6.07) is 65.7. The van der Waals surface area contributed by atoms with Crippen LogP contribution in [0.1, 0.15) is 25.0 Å². The molecule has 8 aromatic carbocycles. The third kappa shape index (κ3) is 4.62. The van der Waals surface area contributed by atoms with E-state index < -0.39 is 0 Å². The highest BCUT2D eigenvalue weighted by Gasteiger charge is 2.41. The summed E-state index contributed by atoms with van der Waals surface area (Å²) in [5.74, 6) is 0.674. The second-order valence-electron chi connectivity index (χ2n) is 15.8. The molecule has 4 heteroatoms. The van der Waals surface area contributed by atoms with Gasteiger partial charge in [-0.1, -0.05) is 141 Å². The molecule has 0 aliphatic heterocycles. The molecule has 0 radical (unpaired) electrons. The number of aromatic nitrogens is 4. The minimum Gasteiger partial charge on any atom is -0.309 e. The molecule has 1 aliphatic rings. The molecule has 57 heavy (non-hydrogen) atoms. The van der Waals surface area contributed by atoms with Crippen LogP contribution in [0, 0.1) is 0 Å². The molecule has 11 aromatic rings. The van der Waals surface area contributed by atoms with Crippen LogP contribution in [-0.4, -0.2) is 19.1 Å². The zero-order valence-electron chi connectivity index (χ0n) is 31.6. The fourth-order valence-corrected chi connectivity index (χ4v) is 9.60. The molecule has 1 aliphatic carbocycles. The lowest BCUT2D eigenvalue weighted by atomic mass is 9.80. The van der Waals surface area contributed by atoms with Crippen LogP contribution in [0.25, 0.3) is 99.7 Å². The van der Waals surface area contributed by atoms with Crippen molar-refractivity contribution < 1.29 is 0 Å². The standard InChI is InChI=1S/C53H36N4/c1-53(2)44-31-36(33-15-5-3-6-16-33)25-27-41(44)51-49(53)50(37-26-28-47-42(30-37)39-21-11-13-23-45(39)56(47)38-19-7-4-8-20-38)54-52(55-51)57-46-24-14-12-22-40(46)43-29-34-17-9-10-18-35(34)32-48(43)57/h3-32H,1-2H3. The van der Waals surface area contributed by atoms with Crippen molar-refractivity contribution >= 4 is 54.4 Å². The molecule has 12 rings (SSSR count). The van der Waals surface area contributed by atoms with Crippen molar-refractivity contribution in [3.8, 4) is 45.3 Å². The molecule has 0 amide bonds. The number of nitrogens with zero attached hydrogens (tertiary/aromatic N) is 4. The first-order valence-electron chi connectivity index (χ1n) is 19.7. The van der Waals surface area contributed by atoms with Crippen molar-refractivity contribution in [2.24, 2.45) is 0 Å². The van der Waals surface area contributed by atoms with Gasteiger partial charge >= 0.3 is 0 Å². The maximum atomic E-state index is 5.69. The summed E-state index contributed by atoms with van der Waals surface area (Å²) in [5.41, 5.74) is 14.3. The highest BCUT2D eigenvalue weighted by atomic mass is 15.2. The maximum Gasteiger partial charge on any atom is 0.235 e. The van der Waals surface area contributed by atoms with Gasteiger partial charge in [-0.2, -0.15) is 0 Å². The van der Waals surface area contributed by atoms with Gasteiger partial charge in [0.05, 0.1) is 33.5 Å². The van der Waals surface area contributed by atoms with Crippen LogP contribution < -0.4 is 0 Å². The minimum atomic E-state index is -0.368. The van der Waals surface area contributed by atoms with E-state index in [1.165, 1.54) is 60.0 Å². The SMILES string of the molecule is CC1(C)c2cc(-c3ccccc3)ccc2-c2nc(-n3c4ccccc4c4cc5ccccc5cc43)nc(-c3ccc4c(c3)c3ccccc3n4-c3ccccc3)c21. The molecule has 3 heterocycles. The second kappa shape index (κ2) is 11.8. The Hall–Kier alpha value is -7.30. The smallest absolute Gasteiger partial charge is 0.235 e. The lowest BCUT2D eigenvalue weighted by Crippen LogP contribution is -2.18. The van der Waals surface area contributed by atoms with E-state index in [-0.39, 0.29) is 5.41 Å². The molecule has 0 saturated carbocycles. The Labute approximate surface area is 329 Å². The Balaban J connectivity index is 1.17. The van der Waals surface area contributed by atoms with Crippen LogP contribution in [0.4, 0.5) is 0 Å². The molecule has 0 N–H and O–H groups in total. The number of hydrogen-bond donors (Lipinski definition) is 0. The zero-order chi connectivity index (χ0) is 37.8. The lowest BCUT2D eigenvalue weighted by Gasteiger charge is -2.24. The molecule has 0 spiro atoms. The quantitative estimate of drug-likeness (QED) is 0.181. The van der Waals surface area contributed by atoms with Crippen molar-refractivity contribution in [1.29, 1.82) is 0 Å². The average Bonchev–Trinajstić information content (AvgIpc) is 3.85. The van der Waals surface area contributed by atoms with Gasteiger partial charge in [-0.3, -0.25) is 4.57 Å². The van der Waals surface area contributed by atoms with Gasteiger partial charge in [0.15, 0.2) is 0 Å². The van der Waals surface area contributed by atoms with E-state index in [0.717, 1.165) is 44.8 Å². The third-order valence-electron chi connectivity index (χ3n) is 12.3. The van der Waals surface area contributed by atoms with Crippen LogP contribution in [0.2, 0.25) is 0 Å². The van der Waals surface area contributed by atoms with E-state index in [2.05, 4.69) is 205 Å². The predicted molar refractivity (Wildman–Crippen MR) is 237 cm³/mol. The number of fused-ring (bicyclic) bond motifs is 10. The van der Waals surface area contributed by atoms with Gasteiger partial charge in [0, 0.05) is 49.3 Å². The summed E-state index contributed by atoms with van der Waals surface area (Å²) < 4.78 is 4.65. The van der Waals surface area contributed by atoms with E-state index in [9.17, 15) is 0 Å². The molecular formula is C53H36N4. The van der Waals surface area contributed by atoms with E-state index >= 15 is 0 Å². The number of benzene rings is 8. The Morgan fingerprint density at radius 2 is 0.982 bits per heavy atom. The fourth-order valence-electron chi connectivity index (χ4n) is 9.60. The van der Waals surface area contributed by atoms with Crippen molar-refractivity contribution in [3.05, 3.63) is 193 Å². The molecule has 0 bridgehead atoms. The monoisotopic (exact) mass is 728 g/mol. The lowest BCUT2D eigenvalue weighted by molar-refractivity contribution is 0.657. The highest BCUT2D eigenvalue weighted by Crippen LogP contribution is 2.52. The van der Waals surface area contributed by atoms with Gasteiger partial charge < -0.3 is 4.57 Å². The summed E-state index contributed by atoms with van der Waals surface area (Å²) in [6.45, 7) is 4.68. The largest absolute Gasteiger partial charge is 0.309 e. The molecule has 0 unspecified atom stereocenters. The van der Waals surface area contributed by atoms with Crippen molar-refractivity contribution in [3.63, 3.8) is 0 Å². The van der Waals surface area contributed by atoms with Gasteiger partial charge in [0.1, 0.15) is 0 Å². The summed E-state index contributed by atoms with van der Waals surface area (Å²) in [7, 11) is 0. The zero-order valence-corrected chi connectivity index (χ0v) is 31.6. The van der Waals surface area contributed by atoms with Crippen LogP contribution in [-0.2, 0) is 5.41 Å². The Morgan fingerprint density at radius 3 is 1.74 bits per heavy atom. The van der Waals surface area contributed by atoms with Crippen LogP contribution in [0.3, 0.4) is 0 Å². The van der Waals surface area contributed by atoms with Gasteiger partial charge in [0.2, 0.25) is 5.95 Å². The summed E-state index contributed by atoms with van der Waals surface area (Å²) in [4.78, 5) is 11.3. The second-order valence-corrected chi connectivity index (χ2v) is 15.8.